The van der Waals surface area contributed by atoms with E-state index in [1.807, 2.05) is 0 Å². The number of carbonyl (C=O) groups is 1. The molecule has 0 radical (unpaired) electrons. The third kappa shape index (κ3) is 3.09. The van der Waals surface area contributed by atoms with E-state index in [1.54, 1.807) is 11.0 Å². The van der Waals surface area contributed by atoms with Crippen molar-refractivity contribution in [3.63, 3.8) is 0 Å². The quantitative estimate of drug-likeness (QED) is 0.926. The van der Waals surface area contributed by atoms with Crippen LogP contribution in [0.25, 0.3) is 0 Å². The van der Waals surface area contributed by atoms with Crippen molar-refractivity contribution in [2.45, 2.75) is 12.8 Å². The first-order valence-electron chi connectivity index (χ1n) is 5.92. The van der Waals surface area contributed by atoms with Gasteiger partial charge in [-0.3, -0.25) is 4.79 Å². The van der Waals surface area contributed by atoms with Crippen LogP contribution in [-0.4, -0.2) is 35.6 Å². The lowest BCUT2D eigenvalue weighted by Gasteiger charge is -2.16. The predicted molar refractivity (Wildman–Crippen MR) is 69.6 cm³/mol. The number of halogens is 2. The Balaban J connectivity index is 2.01. The third-order valence-corrected chi connectivity index (χ3v) is 4.02. The Hall–Kier alpha value is -0.940. The van der Waals surface area contributed by atoms with Crippen LogP contribution in [0.2, 0.25) is 0 Å². The molecule has 1 aliphatic rings. The molecule has 18 heavy (non-hydrogen) atoms. The fraction of sp³-hybridized carbons (Fsp3) is 0.462. The maximum absolute atomic E-state index is 13.1. The summed E-state index contributed by atoms with van der Waals surface area (Å²) in [5.74, 6) is -0.169. The van der Waals surface area contributed by atoms with Crippen molar-refractivity contribution in [2.75, 3.05) is 19.7 Å². The highest BCUT2D eigenvalue weighted by Gasteiger charge is 2.25. The lowest BCUT2D eigenvalue weighted by Crippen LogP contribution is -2.30. The van der Waals surface area contributed by atoms with Gasteiger partial charge in [-0.15, -0.1) is 0 Å². The largest absolute Gasteiger partial charge is 0.396 e. The molecule has 5 heteroatoms. The van der Waals surface area contributed by atoms with E-state index in [-0.39, 0.29) is 30.7 Å². The number of hydrogen-bond acceptors (Lipinski definition) is 2. The van der Waals surface area contributed by atoms with Gasteiger partial charge in [0.2, 0.25) is 5.91 Å². The fourth-order valence-electron chi connectivity index (χ4n) is 2.16. The number of aliphatic hydroxyl groups is 1. The zero-order valence-electron chi connectivity index (χ0n) is 9.90. The lowest BCUT2D eigenvalue weighted by atomic mass is 10.1. The van der Waals surface area contributed by atoms with Crippen LogP contribution in [0.3, 0.4) is 0 Å². The van der Waals surface area contributed by atoms with Crippen LogP contribution in [0.5, 0.6) is 0 Å². The molecule has 0 aliphatic carbocycles. The zero-order valence-corrected chi connectivity index (χ0v) is 11.5. The molecule has 1 saturated heterocycles. The number of nitrogens with zero attached hydrogens (tertiary/aromatic N) is 1. The van der Waals surface area contributed by atoms with Gasteiger partial charge in [-0.1, -0.05) is 15.9 Å². The van der Waals surface area contributed by atoms with Gasteiger partial charge in [0, 0.05) is 30.1 Å². The molecule has 1 amide bonds. The van der Waals surface area contributed by atoms with E-state index in [1.165, 1.54) is 12.1 Å². The van der Waals surface area contributed by atoms with Gasteiger partial charge in [0.05, 0.1) is 6.42 Å². The summed E-state index contributed by atoms with van der Waals surface area (Å²) in [5.41, 5.74) is 0.660. The minimum Gasteiger partial charge on any atom is -0.396 e. The third-order valence-electron chi connectivity index (χ3n) is 3.25. The maximum atomic E-state index is 13.1. The van der Waals surface area contributed by atoms with Crippen molar-refractivity contribution in [3.05, 3.63) is 34.1 Å². The molecule has 1 aliphatic heterocycles. The molecule has 1 heterocycles. The summed E-state index contributed by atoms with van der Waals surface area (Å²) in [4.78, 5) is 13.8. The second-order valence-corrected chi connectivity index (χ2v) is 5.44. The Morgan fingerprint density at radius 1 is 1.56 bits per heavy atom. The molecule has 1 fully saturated rings. The normalized spacial score (nSPS) is 19.3. The number of amides is 1. The molecule has 0 aromatic heterocycles. The van der Waals surface area contributed by atoms with Gasteiger partial charge in [0.15, 0.2) is 0 Å². The number of benzene rings is 1. The van der Waals surface area contributed by atoms with E-state index in [2.05, 4.69) is 15.9 Å². The summed E-state index contributed by atoms with van der Waals surface area (Å²) in [6.45, 7) is 1.40. The Kier molecular flexibility index (Phi) is 4.35. The summed E-state index contributed by atoms with van der Waals surface area (Å²) < 4.78 is 13.9. The summed E-state index contributed by atoms with van der Waals surface area (Å²) in [6, 6.07) is 4.34. The van der Waals surface area contributed by atoms with Crippen LogP contribution >= 0.6 is 15.9 Å². The van der Waals surface area contributed by atoms with E-state index >= 15 is 0 Å². The Morgan fingerprint density at radius 3 is 3.00 bits per heavy atom. The molecule has 98 valence electrons. The minimum atomic E-state index is -0.337. The van der Waals surface area contributed by atoms with E-state index < -0.39 is 0 Å². The van der Waals surface area contributed by atoms with E-state index in [4.69, 9.17) is 5.11 Å². The summed E-state index contributed by atoms with van der Waals surface area (Å²) >= 11 is 3.32. The van der Waals surface area contributed by atoms with E-state index in [9.17, 15) is 9.18 Å². The van der Waals surface area contributed by atoms with Gasteiger partial charge in [-0.05, 0) is 30.2 Å². The number of hydrogen-bond donors (Lipinski definition) is 1. The standard InChI is InChI=1S/C13H15BrFNO2/c14-12-2-1-11(15)5-10(12)6-13(18)16-4-3-9(7-16)8-17/h1-2,5,9,17H,3-4,6-8H2. The first kappa shape index (κ1) is 13.5. The summed E-state index contributed by atoms with van der Waals surface area (Å²) in [5, 5.41) is 9.04. The van der Waals surface area contributed by atoms with Crippen LogP contribution < -0.4 is 0 Å². The molecule has 1 unspecified atom stereocenters. The van der Waals surface area contributed by atoms with Gasteiger partial charge in [0.25, 0.3) is 0 Å². The maximum Gasteiger partial charge on any atom is 0.227 e. The number of likely N-dealkylation sites (tertiary alicyclic amines) is 1. The van der Waals surface area contributed by atoms with Crippen LogP contribution in [0.15, 0.2) is 22.7 Å². The van der Waals surface area contributed by atoms with Crippen LogP contribution in [0.1, 0.15) is 12.0 Å². The monoisotopic (exact) mass is 315 g/mol. The second kappa shape index (κ2) is 5.80. The molecule has 1 aromatic carbocycles. The highest BCUT2D eigenvalue weighted by atomic mass is 79.9. The SMILES string of the molecule is O=C(Cc1cc(F)ccc1Br)N1CCC(CO)C1. The van der Waals surface area contributed by atoms with Gasteiger partial charge in [0.1, 0.15) is 5.82 Å². The first-order valence-corrected chi connectivity index (χ1v) is 6.72. The highest BCUT2D eigenvalue weighted by Crippen LogP contribution is 2.21. The van der Waals surface area contributed by atoms with Crippen molar-refractivity contribution in [1.29, 1.82) is 0 Å². The molecule has 1 N–H and O–H groups in total. The molecule has 1 aromatic rings. The second-order valence-electron chi connectivity index (χ2n) is 4.59. The number of rotatable bonds is 3. The molecule has 0 bridgehead atoms. The molecule has 2 rings (SSSR count). The zero-order chi connectivity index (χ0) is 13.1. The fourth-order valence-corrected chi connectivity index (χ4v) is 2.55. The molecular formula is C13H15BrFNO2. The predicted octanol–water partition coefficient (Wildman–Crippen LogP) is 1.97. The number of aliphatic hydroxyl groups excluding tert-OH is 1. The summed E-state index contributed by atoms with van der Waals surface area (Å²) in [7, 11) is 0. The minimum absolute atomic E-state index is 0.0164. The van der Waals surface area contributed by atoms with Gasteiger partial charge >= 0.3 is 0 Å². The molecule has 0 saturated carbocycles. The topological polar surface area (TPSA) is 40.5 Å². The molecule has 1 atom stereocenters. The Labute approximate surface area is 114 Å². The first-order chi connectivity index (χ1) is 8.60. The highest BCUT2D eigenvalue weighted by molar-refractivity contribution is 9.10. The smallest absolute Gasteiger partial charge is 0.227 e. The Morgan fingerprint density at radius 2 is 2.33 bits per heavy atom. The van der Waals surface area contributed by atoms with Crippen molar-refractivity contribution >= 4 is 21.8 Å². The number of carbonyl (C=O) groups excluding carboxylic acids is 1. The Bertz CT molecular complexity index is 453. The van der Waals surface area contributed by atoms with Crippen molar-refractivity contribution < 1.29 is 14.3 Å². The lowest BCUT2D eigenvalue weighted by molar-refractivity contribution is -0.129. The van der Waals surface area contributed by atoms with Crippen molar-refractivity contribution in [1.82, 2.24) is 4.90 Å². The van der Waals surface area contributed by atoms with Gasteiger partial charge < -0.3 is 10.0 Å². The molecular weight excluding hydrogens is 301 g/mol. The average Bonchev–Trinajstić information content (AvgIpc) is 2.82. The van der Waals surface area contributed by atoms with E-state index in [0.717, 1.165) is 10.9 Å². The van der Waals surface area contributed by atoms with E-state index in [0.29, 0.717) is 18.7 Å². The van der Waals surface area contributed by atoms with Crippen LogP contribution in [0, 0.1) is 11.7 Å². The molecule has 3 nitrogen and oxygen atoms in total. The average molecular weight is 316 g/mol. The van der Waals surface area contributed by atoms with Crippen molar-refractivity contribution in [2.24, 2.45) is 5.92 Å². The van der Waals surface area contributed by atoms with Crippen molar-refractivity contribution in [3.8, 4) is 0 Å². The van der Waals surface area contributed by atoms with Gasteiger partial charge in [-0.2, -0.15) is 0 Å². The summed E-state index contributed by atoms with van der Waals surface area (Å²) in [6.07, 6.45) is 1.03. The van der Waals surface area contributed by atoms with Crippen LogP contribution in [-0.2, 0) is 11.2 Å². The van der Waals surface area contributed by atoms with Gasteiger partial charge in [-0.25, -0.2) is 4.39 Å². The molecule has 0 spiro atoms. The van der Waals surface area contributed by atoms with Crippen LogP contribution in [0.4, 0.5) is 4.39 Å².